The smallest absolute Gasteiger partial charge is 0.0758 e. The van der Waals surface area contributed by atoms with Gasteiger partial charge in [-0.15, -0.1) is 0 Å². The first-order valence-corrected chi connectivity index (χ1v) is 14.0. The van der Waals surface area contributed by atoms with Crippen molar-refractivity contribution in [3.8, 4) is 0 Å². The summed E-state index contributed by atoms with van der Waals surface area (Å²) in [6, 6.07) is 0. The van der Waals surface area contributed by atoms with Crippen LogP contribution in [0.5, 0.6) is 0 Å². The van der Waals surface area contributed by atoms with E-state index in [-0.39, 0.29) is 0 Å². The van der Waals surface area contributed by atoms with Gasteiger partial charge in [-0.2, -0.15) is 0 Å². The fourth-order valence-corrected chi connectivity index (χ4v) is 14.7. The maximum Gasteiger partial charge on any atom is 0.155 e. The Labute approximate surface area is 221 Å². The van der Waals surface area contributed by atoms with Gasteiger partial charge >= 0.3 is 0 Å². The second-order valence-electron chi connectivity index (χ2n) is 3.06. The molecule has 0 aromatic carbocycles. The van der Waals surface area contributed by atoms with Crippen LogP contribution < -0.4 is 0 Å². The SMILES string of the molecule is Br[C](Br)C(Br)(Br)C(Br)(Br)C(Br)(C(Br)(Br)Br)C(Br)(Br)Br. The first kappa shape index (κ1) is 25.2. The van der Waals surface area contributed by atoms with Crippen molar-refractivity contribution in [2.75, 3.05) is 0 Å². The normalized spacial score (nSPS) is 16.1. The summed E-state index contributed by atoms with van der Waals surface area (Å²) in [5.41, 5.74) is 0. The van der Waals surface area contributed by atoms with Gasteiger partial charge in [-0.3, -0.25) is 0 Å². The zero-order valence-corrected chi connectivity index (χ0v) is 28.5. The van der Waals surface area contributed by atoms with Gasteiger partial charge in [0.1, 0.15) is 14.5 Å². The molecule has 0 unspecified atom stereocenters. The molecule has 115 valence electrons. The standard InChI is InChI=1S/C6Br13/c7-1(8)2(9,10)4(12,13)3(11,5(14,15)16)6(17,18)19. The van der Waals surface area contributed by atoms with Crippen LogP contribution in [-0.2, 0) is 0 Å². The van der Waals surface area contributed by atoms with Crippen LogP contribution >= 0.6 is 207 Å². The lowest BCUT2D eigenvalue weighted by Gasteiger charge is -2.54. The van der Waals surface area contributed by atoms with Crippen molar-refractivity contribution in [2.24, 2.45) is 0 Å². The molecule has 0 heterocycles. The quantitative estimate of drug-likeness (QED) is 0.247. The van der Waals surface area contributed by atoms with Crippen molar-refractivity contribution in [2.45, 2.75) is 15.1 Å². The van der Waals surface area contributed by atoms with E-state index in [2.05, 4.69) is 207 Å². The average Bonchev–Trinajstić information content (AvgIpc) is 2.11. The molecule has 19 heavy (non-hydrogen) atoms. The van der Waals surface area contributed by atoms with Crippen molar-refractivity contribution in [3.05, 3.63) is 3.74 Å². The van der Waals surface area contributed by atoms with E-state index < -0.39 is 15.1 Å². The molecule has 0 bridgehead atoms. The molecule has 0 amide bonds. The van der Waals surface area contributed by atoms with E-state index in [9.17, 15) is 0 Å². The first-order chi connectivity index (χ1) is 7.94. The Morgan fingerprint density at radius 3 is 0.947 bits per heavy atom. The van der Waals surface area contributed by atoms with Crippen LogP contribution in [0.3, 0.4) is 0 Å². The molecule has 0 rings (SSSR count). The average molecular weight is 1110 g/mol. The predicted octanol–water partition coefficient (Wildman–Crippen LogP) is 10.0. The molecule has 0 spiro atoms. The molecule has 0 fully saturated rings. The van der Waals surface area contributed by atoms with Crippen LogP contribution in [0.1, 0.15) is 0 Å². The van der Waals surface area contributed by atoms with Crippen LogP contribution in [0, 0.1) is 3.74 Å². The number of alkyl halides is 11. The zero-order valence-electron chi connectivity index (χ0n) is 7.91. The number of hydrogen-bond acceptors (Lipinski definition) is 0. The fraction of sp³-hybridized carbons (Fsp3) is 0.833. The fourth-order valence-electron chi connectivity index (χ4n) is 0.852. The van der Waals surface area contributed by atoms with Crippen LogP contribution in [0.15, 0.2) is 0 Å². The molecule has 0 atom stereocenters. The summed E-state index contributed by atoms with van der Waals surface area (Å²) in [7, 11) is 0. The van der Waals surface area contributed by atoms with E-state index in [0.29, 0.717) is 0 Å². The Morgan fingerprint density at radius 1 is 0.526 bits per heavy atom. The van der Waals surface area contributed by atoms with Gasteiger partial charge in [0.25, 0.3) is 0 Å². The molecule has 0 nitrogen and oxygen atoms in total. The van der Waals surface area contributed by atoms with Gasteiger partial charge in [-0.05, 0) is 0 Å². The van der Waals surface area contributed by atoms with Crippen LogP contribution in [-0.4, -0.2) is 15.1 Å². The Morgan fingerprint density at radius 2 is 0.789 bits per heavy atom. The monoisotopic (exact) mass is 1100 g/mol. The second kappa shape index (κ2) is 8.50. The van der Waals surface area contributed by atoms with Crippen molar-refractivity contribution in [1.29, 1.82) is 0 Å². The molecule has 0 N–H and O–H groups in total. The van der Waals surface area contributed by atoms with E-state index in [1.165, 1.54) is 0 Å². The lowest BCUT2D eigenvalue weighted by Crippen LogP contribution is -2.64. The Hall–Kier alpha value is 6.24. The molecule has 1 radical (unpaired) electrons. The van der Waals surface area contributed by atoms with Crippen LogP contribution in [0.25, 0.3) is 0 Å². The topological polar surface area (TPSA) is 0 Å². The van der Waals surface area contributed by atoms with Crippen molar-refractivity contribution in [1.82, 2.24) is 0 Å². The van der Waals surface area contributed by atoms with Gasteiger partial charge in [0.05, 0.1) is 0 Å². The molecule has 0 saturated heterocycles. The molecule has 0 aromatic rings. The minimum atomic E-state index is -0.796. The summed E-state index contributed by atoms with van der Waals surface area (Å²) < 4.78 is -3.04. The van der Waals surface area contributed by atoms with Crippen molar-refractivity contribution >= 4 is 207 Å². The van der Waals surface area contributed by atoms with E-state index >= 15 is 0 Å². The van der Waals surface area contributed by atoms with Gasteiger partial charge in [0, 0.05) is 0 Å². The lowest BCUT2D eigenvalue weighted by atomic mass is 10.1. The third-order valence-electron chi connectivity index (χ3n) is 1.85. The molecule has 0 saturated carbocycles. The highest BCUT2D eigenvalue weighted by atomic mass is 80.0. The maximum atomic E-state index is 3.76. The summed E-state index contributed by atoms with van der Waals surface area (Å²) in [6.07, 6.45) is 0. The summed E-state index contributed by atoms with van der Waals surface area (Å²) in [4.78, 5) is 0. The highest BCUT2D eigenvalue weighted by Crippen LogP contribution is 2.75. The first-order valence-electron chi connectivity index (χ1n) is 3.71. The van der Waals surface area contributed by atoms with Crippen LogP contribution in [0.4, 0.5) is 0 Å². The van der Waals surface area contributed by atoms with Crippen LogP contribution in [0.2, 0.25) is 0 Å². The molecule has 0 aliphatic heterocycles. The molecule has 0 aliphatic rings. The maximum absolute atomic E-state index is 3.76. The third kappa shape index (κ3) is 5.15. The molecule has 0 aromatic heterocycles. The largest absolute Gasteiger partial charge is 0.155 e. The van der Waals surface area contributed by atoms with Gasteiger partial charge in [-0.25, -0.2) is 0 Å². The Bertz CT molecular complexity index is 305. The minimum Gasteiger partial charge on any atom is -0.0758 e. The van der Waals surface area contributed by atoms with E-state index in [1.54, 1.807) is 0 Å². The van der Waals surface area contributed by atoms with Crippen molar-refractivity contribution < 1.29 is 0 Å². The summed E-state index contributed by atoms with van der Waals surface area (Å²) in [5, 5.41) is 0. The van der Waals surface area contributed by atoms with Gasteiger partial charge < -0.3 is 0 Å². The third-order valence-corrected chi connectivity index (χ3v) is 21.3. The highest BCUT2D eigenvalue weighted by Gasteiger charge is 2.73. The summed E-state index contributed by atoms with van der Waals surface area (Å²) in [6.45, 7) is 0. The zero-order chi connectivity index (χ0) is 16.1. The molecular formula is C6Br13. The van der Waals surface area contributed by atoms with E-state index in [0.717, 1.165) is 3.74 Å². The Balaban J connectivity index is 6.22. The molecule has 13 heteroatoms. The van der Waals surface area contributed by atoms with Gasteiger partial charge in [-0.1, -0.05) is 207 Å². The van der Waals surface area contributed by atoms with Crippen molar-refractivity contribution in [3.63, 3.8) is 0 Å². The molecule has 0 aliphatic carbocycles. The second-order valence-corrected chi connectivity index (χ2v) is 27.3. The number of rotatable bonds is 3. The molecular weight excluding hydrogens is 1110 g/mol. The Kier molecular flexibility index (Phi) is 11.3. The summed E-state index contributed by atoms with van der Waals surface area (Å²) in [5.74, 6) is 0. The van der Waals surface area contributed by atoms with Gasteiger partial charge in [0.15, 0.2) is 4.29 Å². The highest BCUT2D eigenvalue weighted by molar-refractivity contribution is 9.42. The van der Waals surface area contributed by atoms with E-state index in [1.807, 2.05) is 0 Å². The number of hydrogen-bond donors (Lipinski definition) is 0. The lowest BCUT2D eigenvalue weighted by molar-refractivity contribution is 0.622. The number of halogens is 13. The summed E-state index contributed by atoms with van der Waals surface area (Å²) >= 11 is 46.7. The van der Waals surface area contributed by atoms with E-state index in [4.69, 9.17) is 0 Å². The minimum absolute atomic E-state index is 0.725. The predicted molar refractivity (Wildman–Crippen MR) is 133 cm³/mol. The van der Waals surface area contributed by atoms with Gasteiger partial charge in [0.2, 0.25) is 0 Å².